The summed E-state index contributed by atoms with van der Waals surface area (Å²) >= 11 is 0. The molecule has 0 aliphatic heterocycles. The Bertz CT molecular complexity index is 2200. The van der Waals surface area contributed by atoms with Gasteiger partial charge >= 0.3 is 0 Å². The Morgan fingerprint density at radius 3 is 0.781 bits per heavy atom. The number of para-hydroxylation sites is 2. The quantitative estimate of drug-likeness (QED) is 0.0291. The number of aryl methyl sites for hydroxylation is 4. The number of hydrogen-bond donors (Lipinski definition) is 4. The molecule has 0 aliphatic rings. The van der Waals surface area contributed by atoms with Gasteiger partial charge in [0.2, 0.25) is 0 Å². The van der Waals surface area contributed by atoms with E-state index in [-0.39, 0.29) is 0 Å². The van der Waals surface area contributed by atoms with E-state index < -0.39 is 0 Å². The number of unbranched alkanes of at least 4 members (excludes halogenated alkanes) is 20. The molecular weight excluding hydrogens is 889 g/mol. The first-order valence-electron chi connectivity index (χ1n) is 29.4. The summed E-state index contributed by atoms with van der Waals surface area (Å²) in [5.41, 5.74) is 13.3. The number of anilines is 8. The molecule has 0 atom stereocenters. The molecule has 4 N–H and O–H groups in total. The topological polar surface area (TPSA) is 57.4 Å². The molecule has 0 heterocycles. The standard InChI is InChI=1S/C68H94N4O/c1-5-9-13-17-21-25-31-55-39-47-59(48-40-55)69-63-35-29-37-65(67(63)71-61-51-43-57(44-52-61)33-27-23-19-15-11-7-3)73-66-38-30-36-64(70-60-49-41-56(42-50-60)32-26-22-18-14-10-6-2)68(66)72-62-53-45-58(46-54-62)34-28-24-20-16-12-8-4/h29-30,35-54,69-72H,5-28,31-34H2,1-4H3. The highest BCUT2D eigenvalue weighted by Crippen LogP contribution is 2.44. The molecule has 392 valence electrons. The number of benzene rings is 6. The van der Waals surface area contributed by atoms with E-state index in [0.29, 0.717) is 0 Å². The first-order chi connectivity index (χ1) is 36.0. The van der Waals surface area contributed by atoms with Gasteiger partial charge in [-0.25, -0.2) is 0 Å². The zero-order chi connectivity index (χ0) is 51.0. The third kappa shape index (κ3) is 21.0. The second kappa shape index (κ2) is 33.9. The Kier molecular flexibility index (Phi) is 26.3. The monoisotopic (exact) mass is 983 g/mol. The Balaban J connectivity index is 1.26. The molecule has 5 nitrogen and oxygen atoms in total. The molecule has 0 bridgehead atoms. The molecule has 0 saturated heterocycles. The normalized spacial score (nSPS) is 11.2. The largest absolute Gasteiger partial charge is 0.453 e. The fourth-order valence-electron chi connectivity index (χ4n) is 9.87. The number of hydrogen-bond acceptors (Lipinski definition) is 5. The van der Waals surface area contributed by atoms with Gasteiger partial charge in [0, 0.05) is 22.7 Å². The van der Waals surface area contributed by atoms with Crippen LogP contribution < -0.4 is 26.0 Å². The Morgan fingerprint density at radius 1 is 0.260 bits per heavy atom. The van der Waals surface area contributed by atoms with Crippen molar-refractivity contribution >= 4 is 45.5 Å². The van der Waals surface area contributed by atoms with E-state index in [1.165, 1.54) is 176 Å². The minimum Gasteiger partial charge on any atom is -0.453 e. The van der Waals surface area contributed by atoms with Crippen molar-refractivity contribution in [1.82, 2.24) is 0 Å². The lowest BCUT2D eigenvalue weighted by atomic mass is 10.0. The second-order valence-electron chi connectivity index (χ2n) is 20.8. The van der Waals surface area contributed by atoms with E-state index in [9.17, 15) is 0 Å². The van der Waals surface area contributed by atoms with E-state index in [0.717, 1.165) is 82.7 Å². The number of ether oxygens (including phenoxy) is 1. The van der Waals surface area contributed by atoms with Crippen molar-refractivity contribution in [2.75, 3.05) is 21.3 Å². The van der Waals surface area contributed by atoms with Crippen molar-refractivity contribution in [3.63, 3.8) is 0 Å². The second-order valence-corrected chi connectivity index (χ2v) is 20.8. The number of nitrogens with one attached hydrogen (secondary N) is 4. The van der Waals surface area contributed by atoms with Gasteiger partial charge in [-0.3, -0.25) is 0 Å². The Hall–Kier alpha value is -5.68. The summed E-state index contributed by atoms with van der Waals surface area (Å²) in [6, 6.07) is 48.6. The predicted molar refractivity (Wildman–Crippen MR) is 320 cm³/mol. The van der Waals surface area contributed by atoms with Gasteiger partial charge in [-0.2, -0.15) is 0 Å². The van der Waals surface area contributed by atoms with Gasteiger partial charge in [-0.15, -0.1) is 0 Å². The molecule has 73 heavy (non-hydrogen) atoms. The Labute approximate surface area is 444 Å². The average molecular weight is 984 g/mol. The van der Waals surface area contributed by atoms with E-state index in [1.807, 2.05) is 0 Å². The van der Waals surface area contributed by atoms with Crippen LogP contribution in [0.1, 0.15) is 204 Å². The summed E-state index contributed by atoms with van der Waals surface area (Å²) in [5.74, 6) is 1.46. The van der Waals surface area contributed by atoms with E-state index in [4.69, 9.17) is 4.74 Å². The van der Waals surface area contributed by atoms with Crippen molar-refractivity contribution in [3.8, 4) is 11.5 Å². The summed E-state index contributed by atoms with van der Waals surface area (Å²) < 4.78 is 7.17. The lowest BCUT2D eigenvalue weighted by Crippen LogP contribution is -2.03. The fourth-order valence-corrected chi connectivity index (χ4v) is 9.87. The molecule has 6 rings (SSSR count). The first kappa shape index (κ1) is 56.6. The van der Waals surface area contributed by atoms with Crippen LogP contribution in [-0.2, 0) is 25.7 Å². The summed E-state index contributed by atoms with van der Waals surface area (Å²) in [5, 5.41) is 15.2. The van der Waals surface area contributed by atoms with Crippen LogP contribution in [0.4, 0.5) is 45.5 Å². The molecule has 0 spiro atoms. The number of rotatable bonds is 38. The Morgan fingerprint density at radius 2 is 0.507 bits per heavy atom. The summed E-state index contributed by atoms with van der Waals surface area (Å²) in [4.78, 5) is 0. The van der Waals surface area contributed by atoms with Crippen LogP contribution in [0.15, 0.2) is 133 Å². The molecule has 0 amide bonds. The van der Waals surface area contributed by atoms with Crippen LogP contribution in [0.25, 0.3) is 0 Å². The molecular formula is C68H94N4O. The first-order valence-corrected chi connectivity index (χ1v) is 29.4. The highest BCUT2D eigenvalue weighted by atomic mass is 16.5. The lowest BCUT2D eigenvalue weighted by Gasteiger charge is -2.22. The highest BCUT2D eigenvalue weighted by molar-refractivity contribution is 5.86. The van der Waals surface area contributed by atoms with Crippen molar-refractivity contribution in [3.05, 3.63) is 156 Å². The van der Waals surface area contributed by atoms with Crippen LogP contribution in [-0.4, -0.2) is 0 Å². The molecule has 0 radical (unpaired) electrons. The molecule has 0 aliphatic carbocycles. The van der Waals surface area contributed by atoms with Gasteiger partial charge in [0.05, 0.1) is 11.4 Å². The molecule has 0 unspecified atom stereocenters. The van der Waals surface area contributed by atoms with E-state index >= 15 is 0 Å². The van der Waals surface area contributed by atoms with Gasteiger partial charge in [-0.05, 0) is 146 Å². The van der Waals surface area contributed by atoms with Crippen LogP contribution in [0, 0.1) is 0 Å². The molecule has 0 aromatic heterocycles. The van der Waals surface area contributed by atoms with Crippen LogP contribution in [0.2, 0.25) is 0 Å². The molecule has 0 fully saturated rings. The summed E-state index contributed by atoms with van der Waals surface area (Å²) in [6.45, 7) is 9.14. The predicted octanol–water partition coefficient (Wildman–Crippen LogP) is 22.1. The third-order valence-electron chi connectivity index (χ3n) is 14.5. The van der Waals surface area contributed by atoms with Gasteiger partial charge < -0.3 is 26.0 Å². The highest BCUT2D eigenvalue weighted by Gasteiger charge is 2.17. The van der Waals surface area contributed by atoms with Crippen molar-refractivity contribution in [2.45, 2.75) is 207 Å². The average Bonchev–Trinajstić information content (AvgIpc) is 3.41. The summed E-state index contributed by atoms with van der Waals surface area (Å²) in [7, 11) is 0. The third-order valence-corrected chi connectivity index (χ3v) is 14.5. The van der Waals surface area contributed by atoms with Gasteiger partial charge in [0.1, 0.15) is 11.4 Å². The minimum atomic E-state index is 0.731. The van der Waals surface area contributed by atoms with Crippen LogP contribution in [0.3, 0.4) is 0 Å². The van der Waals surface area contributed by atoms with E-state index in [1.54, 1.807) is 0 Å². The zero-order valence-corrected chi connectivity index (χ0v) is 45.9. The zero-order valence-electron chi connectivity index (χ0n) is 45.9. The maximum absolute atomic E-state index is 7.17. The van der Waals surface area contributed by atoms with Crippen molar-refractivity contribution in [2.24, 2.45) is 0 Å². The van der Waals surface area contributed by atoms with E-state index in [2.05, 4.69) is 182 Å². The van der Waals surface area contributed by atoms with Crippen molar-refractivity contribution < 1.29 is 4.74 Å². The fraction of sp³-hybridized carbons (Fsp3) is 0.471. The maximum Gasteiger partial charge on any atom is 0.153 e. The maximum atomic E-state index is 7.17. The molecule has 6 aromatic rings. The minimum absolute atomic E-state index is 0.731. The van der Waals surface area contributed by atoms with Gasteiger partial charge in [0.25, 0.3) is 0 Å². The molecule has 0 saturated carbocycles. The smallest absolute Gasteiger partial charge is 0.153 e. The molecule has 5 heteroatoms. The lowest BCUT2D eigenvalue weighted by molar-refractivity contribution is 0.487. The SMILES string of the molecule is CCCCCCCCc1ccc(Nc2cccc(Oc3cccc(Nc4ccc(CCCCCCCC)cc4)c3Nc3ccc(CCCCCCCC)cc3)c2Nc2ccc(CCCCCCCC)cc2)cc1. The van der Waals surface area contributed by atoms with Crippen molar-refractivity contribution in [1.29, 1.82) is 0 Å². The van der Waals surface area contributed by atoms with Gasteiger partial charge in [-0.1, -0.05) is 217 Å². The van der Waals surface area contributed by atoms with Gasteiger partial charge in [0.15, 0.2) is 11.5 Å². The molecule has 6 aromatic carbocycles. The summed E-state index contributed by atoms with van der Waals surface area (Å²) in [6.07, 6.45) is 35.9. The van der Waals surface area contributed by atoms with Crippen LogP contribution >= 0.6 is 0 Å². The van der Waals surface area contributed by atoms with Crippen LogP contribution in [0.5, 0.6) is 11.5 Å².